The molecular weight excluding hydrogens is 218 g/mol. The molecule has 0 spiro atoms. The van der Waals surface area contributed by atoms with Gasteiger partial charge in [-0.1, -0.05) is 0 Å². The highest BCUT2D eigenvalue weighted by molar-refractivity contribution is 5.75. The summed E-state index contributed by atoms with van der Waals surface area (Å²) in [5, 5.41) is 10.1. The van der Waals surface area contributed by atoms with Gasteiger partial charge in [-0.2, -0.15) is 5.10 Å². The van der Waals surface area contributed by atoms with E-state index in [1.54, 1.807) is 6.20 Å². The highest BCUT2D eigenvalue weighted by Crippen LogP contribution is 2.28. The Morgan fingerprint density at radius 3 is 2.82 bits per heavy atom. The van der Waals surface area contributed by atoms with E-state index in [-0.39, 0.29) is 17.8 Å². The molecule has 1 fully saturated rings. The minimum atomic E-state index is -0.432. The summed E-state index contributed by atoms with van der Waals surface area (Å²) in [6.07, 6.45) is 1.71. The Hall–Kier alpha value is -1.36. The quantitative estimate of drug-likeness (QED) is 0.755. The van der Waals surface area contributed by atoms with Crippen molar-refractivity contribution in [1.29, 1.82) is 0 Å². The SMILES string of the molecule is CC(C)(C)OC(=O)C1CNCC1c1ccn[nH]1. The van der Waals surface area contributed by atoms with E-state index in [1.165, 1.54) is 0 Å². The highest BCUT2D eigenvalue weighted by Gasteiger charge is 2.37. The van der Waals surface area contributed by atoms with Gasteiger partial charge in [0.05, 0.1) is 5.92 Å². The molecule has 5 nitrogen and oxygen atoms in total. The highest BCUT2D eigenvalue weighted by atomic mass is 16.6. The van der Waals surface area contributed by atoms with Gasteiger partial charge < -0.3 is 10.1 Å². The summed E-state index contributed by atoms with van der Waals surface area (Å²) in [7, 11) is 0. The van der Waals surface area contributed by atoms with Crippen molar-refractivity contribution in [2.24, 2.45) is 5.92 Å². The van der Waals surface area contributed by atoms with Crippen molar-refractivity contribution < 1.29 is 9.53 Å². The maximum Gasteiger partial charge on any atom is 0.311 e. The Bertz CT molecular complexity index is 381. The van der Waals surface area contributed by atoms with Crippen LogP contribution >= 0.6 is 0 Å². The summed E-state index contributed by atoms with van der Waals surface area (Å²) in [5.74, 6) is -0.135. The van der Waals surface area contributed by atoms with Crippen LogP contribution in [0.3, 0.4) is 0 Å². The average molecular weight is 237 g/mol. The van der Waals surface area contributed by atoms with Crippen molar-refractivity contribution in [3.63, 3.8) is 0 Å². The molecule has 0 saturated carbocycles. The first-order chi connectivity index (χ1) is 7.97. The maximum absolute atomic E-state index is 12.1. The lowest BCUT2D eigenvalue weighted by molar-refractivity contribution is -0.159. The first-order valence-corrected chi connectivity index (χ1v) is 5.90. The zero-order valence-corrected chi connectivity index (χ0v) is 10.5. The van der Waals surface area contributed by atoms with Crippen LogP contribution in [0, 0.1) is 5.92 Å². The molecule has 0 aromatic carbocycles. The topological polar surface area (TPSA) is 67.0 Å². The zero-order chi connectivity index (χ0) is 12.5. The van der Waals surface area contributed by atoms with E-state index >= 15 is 0 Å². The van der Waals surface area contributed by atoms with E-state index in [4.69, 9.17) is 4.74 Å². The number of nitrogens with zero attached hydrogens (tertiary/aromatic N) is 1. The summed E-state index contributed by atoms with van der Waals surface area (Å²) < 4.78 is 5.44. The fourth-order valence-electron chi connectivity index (χ4n) is 2.10. The first-order valence-electron chi connectivity index (χ1n) is 5.90. The zero-order valence-electron chi connectivity index (χ0n) is 10.5. The third-order valence-electron chi connectivity index (χ3n) is 2.85. The van der Waals surface area contributed by atoms with Gasteiger partial charge in [-0.05, 0) is 26.8 Å². The van der Waals surface area contributed by atoms with Gasteiger partial charge in [0, 0.05) is 30.9 Å². The van der Waals surface area contributed by atoms with E-state index in [2.05, 4.69) is 15.5 Å². The van der Waals surface area contributed by atoms with E-state index in [9.17, 15) is 4.79 Å². The minimum Gasteiger partial charge on any atom is -0.460 e. The van der Waals surface area contributed by atoms with Gasteiger partial charge in [-0.3, -0.25) is 9.89 Å². The molecule has 1 aliphatic rings. The van der Waals surface area contributed by atoms with E-state index in [0.717, 1.165) is 12.2 Å². The number of H-pyrrole nitrogens is 1. The molecule has 2 heterocycles. The molecule has 1 aromatic heterocycles. The van der Waals surface area contributed by atoms with Crippen molar-refractivity contribution in [2.75, 3.05) is 13.1 Å². The number of carbonyl (C=O) groups is 1. The number of nitrogens with one attached hydrogen (secondary N) is 2. The van der Waals surface area contributed by atoms with Crippen LogP contribution < -0.4 is 5.32 Å². The monoisotopic (exact) mass is 237 g/mol. The van der Waals surface area contributed by atoms with Crippen molar-refractivity contribution in [3.8, 4) is 0 Å². The molecule has 0 bridgehead atoms. The van der Waals surface area contributed by atoms with Crippen LogP contribution in [0.15, 0.2) is 12.3 Å². The largest absolute Gasteiger partial charge is 0.460 e. The van der Waals surface area contributed by atoms with Gasteiger partial charge in [-0.15, -0.1) is 0 Å². The fourth-order valence-corrected chi connectivity index (χ4v) is 2.10. The van der Waals surface area contributed by atoms with Crippen molar-refractivity contribution >= 4 is 5.97 Å². The molecule has 0 radical (unpaired) electrons. The summed E-state index contributed by atoms with van der Waals surface area (Å²) in [6, 6.07) is 1.91. The van der Waals surface area contributed by atoms with Crippen molar-refractivity contribution in [2.45, 2.75) is 32.3 Å². The molecular formula is C12H19N3O2. The van der Waals surface area contributed by atoms with Gasteiger partial charge >= 0.3 is 5.97 Å². The lowest BCUT2D eigenvalue weighted by Gasteiger charge is -2.24. The smallest absolute Gasteiger partial charge is 0.311 e. The Morgan fingerprint density at radius 1 is 1.47 bits per heavy atom. The second kappa shape index (κ2) is 4.49. The summed E-state index contributed by atoms with van der Waals surface area (Å²) in [4.78, 5) is 12.1. The molecule has 17 heavy (non-hydrogen) atoms. The number of aromatic amines is 1. The van der Waals surface area contributed by atoms with Crippen LogP contribution in [0.5, 0.6) is 0 Å². The van der Waals surface area contributed by atoms with Crippen LogP contribution in [0.2, 0.25) is 0 Å². The number of aromatic nitrogens is 2. The molecule has 1 saturated heterocycles. The predicted molar refractivity (Wildman–Crippen MR) is 63.5 cm³/mol. The van der Waals surface area contributed by atoms with Crippen LogP contribution in [0.25, 0.3) is 0 Å². The average Bonchev–Trinajstić information content (AvgIpc) is 2.85. The summed E-state index contributed by atoms with van der Waals surface area (Å²) >= 11 is 0. The van der Waals surface area contributed by atoms with E-state index in [0.29, 0.717) is 6.54 Å². The molecule has 1 aromatic rings. The fraction of sp³-hybridized carbons (Fsp3) is 0.667. The second-order valence-electron chi connectivity index (χ2n) is 5.42. The molecule has 0 amide bonds. The number of esters is 1. The standard InChI is InChI=1S/C12H19N3O2/c1-12(2,3)17-11(16)9-7-13-6-8(9)10-4-5-14-15-10/h4-5,8-9,13H,6-7H2,1-3H3,(H,14,15). The first kappa shape index (κ1) is 12.1. The van der Waals surface area contributed by atoms with Gasteiger partial charge in [-0.25, -0.2) is 0 Å². The second-order valence-corrected chi connectivity index (χ2v) is 5.42. The number of carbonyl (C=O) groups excluding carboxylic acids is 1. The number of hydrogen-bond donors (Lipinski definition) is 2. The van der Waals surface area contributed by atoms with Crippen LogP contribution in [-0.4, -0.2) is 34.9 Å². The number of ether oxygens (including phenoxy) is 1. The lowest BCUT2D eigenvalue weighted by Crippen LogP contribution is -2.31. The minimum absolute atomic E-state index is 0.130. The molecule has 0 aliphatic carbocycles. The van der Waals surface area contributed by atoms with Crippen LogP contribution in [0.1, 0.15) is 32.4 Å². The van der Waals surface area contributed by atoms with Gasteiger partial charge in [0.15, 0.2) is 0 Å². The summed E-state index contributed by atoms with van der Waals surface area (Å²) in [6.45, 7) is 7.11. The molecule has 5 heteroatoms. The predicted octanol–water partition coefficient (Wildman–Crippen LogP) is 1.05. The third-order valence-corrected chi connectivity index (χ3v) is 2.85. The number of hydrogen-bond acceptors (Lipinski definition) is 4. The third kappa shape index (κ3) is 2.85. The molecule has 1 aliphatic heterocycles. The Morgan fingerprint density at radius 2 is 2.24 bits per heavy atom. The molecule has 94 valence electrons. The normalized spacial score (nSPS) is 24.9. The summed E-state index contributed by atoms with van der Waals surface area (Å²) in [5.41, 5.74) is 0.559. The van der Waals surface area contributed by atoms with Crippen molar-refractivity contribution in [3.05, 3.63) is 18.0 Å². The van der Waals surface area contributed by atoms with E-state index in [1.807, 2.05) is 26.8 Å². The molecule has 2 N–H and O–H groups in total. The van der Waals surface area contributed by atoms with E-state index < -0.39 is 5.60 Å². The van der Waals surface area contributed by atoms with Gasteiger partial charge in [0.1, 0.15) is 5.60 Å². The van der Waals surface area contributed by atoms with Crippen LogP contribution in [0.4, 0.5) is 0 Å². The van der Waals surface area contributed by atoms with Gasteiger partial charge in [0.2, 0.25) is 0 Å². The molecule has 2 rings (SSSR count). The lowest BCUT2D eigenvalue weighted by atomic mass is 9.93. The Labute approximate surface area is 101 Å². The maximum atomic E-state index is 12.1. The molecule has 2 atom stereocenters. The van der Waals surface area contributed by atoms with Gasteiger partial charge in [0.25, 0.3) is 0 Å². The number of rotatable bonds is 2. The Balaban J connectivity index is 2.07. The Kier molecular flexibility index (Phi) is 3.19. The molecule has 2 unspecified atom stereocenters. The van der Waals surface area contributed by atoms with Crippen molar-refractivity contribution in [1.82, 2.24) is 15.5 Å². The van der Waals surface area contributed by atoms with Crippen LogP contribution in [-0.2, 0) is 9.53 Å².